The molecule has 0 saturated carbocycles. The monoisotopic (exact) mass is 287 g/mol. The molecule has 0 bridgehead atoms. The summed E-state index contributed by atoms with van der Waals surface area (Å²) in [5, 5.41) is 3.15. The molecule has 106 valence electrons. The van der Waals surface area contributed by atoms with E-state index in [0.717, 1.165) is 28.2 Å². The molecule has 1 aliphatic heterocycles. The predicted molar refractivity (Wildman–Crippen MR) is 86.8 cm³/mol. The van der Waals surface area contributed by atoms with E-state index >= 15 is 0 Å². The van der Waals surface area contributed by atoms with Crippen molar-refractivity contribution < 1.29 is 4.68 Å². The third kappa shape index (κ3) is 2.20. The second-order valence-corrected chi connectivity index (χ2v) is 5.04. The Balaban J connectivity index is 1.80. The van der Waals surface area contributed by atoms with Crippen molar-refractivity contribution in [3.63, 3.8) is 0 Å². The summed E-state index contributed by atoms with van der Waals surface area (Å²) in [6.45, 7) is 0. The molecule has 3 heterocycles. The summed E-state index contributed by atoms with van der Waals surface area (Å²) < 4.78 is 1.97. The van der Waals surface area contributed by atoms with Gasteiger partial charge in [-0.1, -0.05) is 4.68 Å². The van der Waals surface area contributed by atoms with Crippen LogP contribution in [-0.4, -0.2) is 16.3 Å². The molecule has 2 N–H and O–H groups in total. The van der Waals surface area contributed by atoms with Crippen molar-refractivity contribution in [2.75, 3.05) is 0 Å². The van der Waals surface area contributed by atoms with Crippen LogP contribution in [0.1, 0.15) is 11.3 Å². The van der Waals surface area contributed by atoms with E-state index in [4.69, 9.17) is 0 Å². The van der Waals surface area contributed by atoms with Crippen LogP contribution in [0.5, 0.6) is 0 Å². The minimum atomic E-state index is 0.975. The fourth-order valence-corrected chi connectivity index (χ4v) is 2.62. The van der Waals surface area contributed by atoms with Crippen molar-refractivity contribution in [3.8, 4) is 5.69 Å². The van der Waals surface area contributed by atoms with Gasteiger partial charge in [0.25, 0.3) is 0 Å². The van der Waals surface area contributed by atoms with Crippen molar-refractivity contribution in [1.82, 2.24) is 10.1 Å². The lowest BCUT2D eigenvalue weighted by Gasteiger charge is -2.08. The first-order valence-electron chi connectivity index (χ1n) is 7.16. The van der Waals surface area contributed by atoms with Crippen LogP contribution in [0, 0.1) is 0 Å². The normalized spacial score (nSPS) is 15.5. The van der Waals surface area contributed by atoms with Gasteiger partial charge in [0, 0.05) is 41.9 Å². The second kappa shape index (κ2) is 5.33. The highest BCUT2D eigenvalue weighted by Gasteiger charge is 2.14. The van der Waals surface area contributed by atoms with E-state index < -0.39 is 0 Å². The minimum Gasteiger partial charge on any atom is -0.361 e. The molecule has 0 radical (unpaired) electrons. The number of aromatic amines is 2. The molecule has 4 rings (SSSR count). The molecule has 4 nitrogen and oxygen atoms in total. The number of hydrogen-bond donors (Lipinski definition) is 2. The lowest BCUT2D eigenvalue weighted by Crippen LogP contribution is -2.31. The molecule has 0 fully saturated rings. The maximum absolute atomic E-state index is 4.45. The Hall–Kier alpha value is -3.14. The van der Waals surface area contributed by atoms with Crippen LogP contribution in [0.25, 0.3) is 11.3 Å². The van der Waals surface area contributed by atoms with E-state index in [-0.39, 0.29) is 0 Å². The third-order valence-electron chi connectivity index (χ3n) is 3.66. The smallest absolute Gasteiger partial charge is 0.235 e. The van der Waals surface area contributed by atoms with Gasteiger partial charge in [0.2, 0.25) is 11.9 Å². The van der Waals surface area contributed by atoms with Gasteiger partial charge in [-0.3, -0.25) is 4.99 Å². The van der Waals surface area contributed by atoms with Crippen molar-refractivity contribution in [1.29, 1.82) is 0 Å². The largest absolute Gasteiger partial charge is 0.361 e. The van der Waals surface area contributed by atoms with Crippen molar-refractivity contribution in [2.24, 2.45) is 4.99 Å². The second-order valence-electron chi connectivity index (χ2n) is 5.04. The van der Waals surface area contributed by atoms with Crippen LogP contribution in [0.15, 0.2) is 83.9 Å². The minimum absolute atomic E-state index is 0.975. The van der Waals surface area contributed by atoms with Gasteiger partial charge >= 0.3 is 0 Å². The average molecular weight is 287 g/mol. The molecule has 2 aromatic heterocycles. The Morgan fingerprint density at radius 3 is 2.55 bits per heavy atom. The zero-order valence-electron chi connectivity index (χ0n) is 11.9. The van der Waals surface area contributed by atoms with Crippen molar-refractivity contribution >= 4 is 11.8 Å². The summed E-state index contributed by atoms with van der Waals surface area (Å²) >= 11 is 0. The van der Waals surface area contributed by atoms with Gasteiger partial charge in [-0.25, -0.2) is 0 Å². The van der Waals surface area contributed by atoms with Gasteiger partial charge in [-0.15, -0.1) is 0 Å². The Bertz CT molecular complexity index is 834. The summed E-state index contributed by atoms with van der Waals surface area (Å²) in [4.78, 5) is 7.73. The number of nitrogens with one attached hydrogen (secondary N) is 2. The van der Waals surface area contributed by atoms with Crippen molar-refractivity contribution in [3.05, 3.63) is 90.2 Å². The number of aliphatic imine (C=N–C) groups is 1. The molecule has 1 aliphatic rings. The highest BCUT2D eigenvalue weighted by Crippen LogP contribution is 2.28. The predicted octanol–water partition coefficient (Wildman–Crippen LogP) is 3.02. The number of H-pyrrole nitrogens is 2. The zero-order chi connectivity index (χ0) is 14.8. The van der Waals surface area contributed by atoms with Gasteiger partial charge in [0.15, 0.2) is 0 Å². The van der Waals surface area contributed by atoms with Crippen LogP contribution in [0.3, 0.4) is 0 Å². The van der Waals surface area contributed by atoms with E-state index in [1.165, 1.54) is 0 Å². The van der Waals surface area contributed by atoms with E-state index in [1.54, 1.807) is 0 Å². The first kappa shape index (κ1) is 12.6. The van der Waals surface area contributed by atoms with E-state index in [1.807, 2.05) is 53.8 Å². The molecule has 0 atom stereocenters. The van der Waals surface area contributed by atoms with E-state index in [9.17, 15) is 0 Å². The SMILES string of the molecule is C1=CC(=C(c2ccc(-[n+]3ccc[nH]3)cc2)c2ccc[nH]2)N=C1. The summed E-state index contributed by atoms with van der Waals surface area (Å²) in [5.41, 5.74) is 5.38. The molecule has 3 aromatic rings. The third-order valence-corrected chi connectivity index (χ3v) is 3.66. The molecular formula is C18H15N4+. The van der Waals surface area contributed by atoms with Gasteiger partial charge in [-0.05, 0) is 42.0 Å². The topological polar surface area (TPSA) is 47.8 Å². The molecule has 0 spiro atoms. The van der Waals surface area contributed by atoms with E-state index in [2.05, 4.69) is 45.4 Å². The maximum atomic E-state index is 4.45. The molecule has 0 saturated heterocycles. The lowest BCUT2D eigenvalue weighted by molar-refractivity contribution is -0.655. The van der Waals surface area contributed by atoms with Gasteiger partial charge in [0.1, 0.15) is 0 Å². The number of nitrogens with zero attached hydrogens (tertiary/aromatic N) is 2. The first-order chi connectivity index (χ1) is 10.9. The molecule has 1 aromatic carbocycles. The summed E-state index contributed by atoms with van der Waals surface area (Å²) in [6.07, 6.45) is 11.6. The standard InChI is InChI=1S/C18H14N4/c1-4-16(19-10-1)18(17-5-2-11-20-17)14-6-8-15(9-7-14)22-13-3-12-21-22/h1-13H,(H,19,20)/p+1. The Labute approximate surface area is 128 Å². The van der Waals surface area contributed by atoms with Gasteiger partial charge in [0.05, 0.1) is 11.9 Å². The van der Waals surface area contributed by atoms with Crippen LogP contribution in [0.2, 0.25) is 0 Å². The quantitative estimate of drug-likeness (QED) is 0.696. The highest BCUT2D eigenvalue weighted by molar-refractivity contribution is 5.88. The number of allylic oxidation sites excluding steroid dienone is 2. The zero-order valence-corrected chi connectivity index (χ0v) is 11.9. The van der Waals surface area contributed by atoms with Crippen molar-refractivity contribution in [2.45, 2.75) is 0 Å². The molecule has 0 unspecified atom stereocenters. The first-order valence-corrected chi connectivity index (χ1v) is 7.16. The summed E-state index contributed by atoms with van der Waals surface area (Å²) in [6, 6.07) is 14.5. The number of hydrogen-bond acceptors (Lipinski definition) is 1. The number of benzene rings is 1. The average Bonchev–Trinajstić information content (AvgIpc) is 3.32. The maximum Gasteiger partial charge on any atom is 0.235 e. The fraction of sp³-hybridized carbons (Fsp3) is 0. The molecule has 4 heteroatoms. The van der Waals surface area contributed by atoms with Gasteiger partial charge < -0.3 is 4.98 Å². The van der Waals surface area contributed by atoms with Crippen LogP contribution in [0.4, 0.5) is 0 Å². The van der Waals surface area contributed by atoms with Crippen LogP contribution >= 0.6 is 0 Å². The molecular weight excluding hydrogens is 272 g/mol. The summed E-state index contributed by atoms with van der Waals surface area (Å²) in [7, 11) is 0. The molecule has 22 heavy (non-hydrogen) atoms. The molecule has 0 amide bonds. The van der Waals surface area contributed by atoms with Crippen LogP contribution in [-0.2, 0) is 0 Å². The highest BCUT2D eigenvalue weighted by atomic mass is 15.3. The lowest BCUT2D eigenvalue weighted by atomic mass is 10.0. The number of rotatable bonds is 3. The Morgan fingerprint density at radius 2 is 1.91 bits per heavy atom. The Kier molecular flexibility index (Phi) is 3.05. The molecule has 0 aliphatic carbocycles. The van der Waals surface area contributed by atoms with Crippen LogP contribution < -0.4 is 4.68 Å². The Morgan fingerprint density at radius 1 is 1.00 bits per heavy atom. The van der Waals surface area contributed by atoms with E-state index in [0.29, 0.717) is 0 Å². The summed E-state index contributed by atoms with van der Waals surface area (Å²) in [5.74, 6) is 0. The van der Waals surface area contributed by atoms with Gasteiger partial charge in [-0.2, -0.15) is 5.10 Å². The fourth-order valence-electron chi connectivity index (χ4n) is 2.62. The number of aromatic nitrogens is 3.